The van der Waals surface area contributed by atoms with Crippen molar-refractivity contribution in [3.63, 3.8) is 0 Å². The van der Waals surface area contributed by atoms with Crippen LogP contribution in [0.1, 0.15) is 43.7 Å². The van der Waals surface area contributed by atoms with E-state index in [0.29, 0.717) is 4.47 Å². The number of imidazole rings is 1. The summed E-state index contributed by atoms with van der Waals surface area (Å²) in [7, 11) is 1.26. The minimum atomic E-state index is -1.25. The summed E-state index contributed by atoms with van der Waals surface area (Å²) >= 11 is 3.33. The van der Waals surface area contributed by atoms with Gasteiger partial charge in [-0.25, -0.2) is 19.0 Å². The number of methoxy groups -OCH3 is 1. The Kier molecular flexibility index (Phi) is 6.48. The van der Waals surface area contributed by atoms with Gasteiger partial charge in [0.2, 0.25) is 0 Å². The van der Waals surface area contributed by atoms with Crippen LogP contribution in [0.4, 0.5) is 9.18 Å². The monoisotopic (exact) mass is 455 g/mol. The lowest BCUT2D eigenvalue weighted by atomic mass is 9.91. The molecule has 0 bridgehead atoms. The van der Waals surface area contributed by atoms with E-state index in [1.54, 1.807) is 39.8 Å². The average molecular weight is 456 g/mol. The fourth-order valence-corrected chi connectivity index (χ4v) is 3.06. The van der Waals surface area contributed by atoms with Crippen LogP contribution in [0, 0.1) is 5.82 Å². The molecule has 1 aromatic carbocycles. The summed E-state index contributed by atoms with van der Waals surface area (Å²) in [5.41, 5.74) is -1.58. The zero-order valence-corrected chi connectivity index (χ0v) is 18.0. The van der Waals surface area contributed by atoms with E-state index in [0.717, 1.165) is 0 Å². The number of esters is 1. The number of benzene rings is 1. The molecule has 1 N–H and O–H groups in total. The molecule has 28 heavy (non-hydrogen) atoms. The highest BCUT2D eigenvalue weighted by Crippen LogP contribution is 2.29. The second kappa shape index (κ2) is 8.30. The number of nitrogens with zero attached hydrogens (tertiary/aromatic N) is 2. The van der Waals surface area contributed by atoms with Crippen molar-refractivity contribution in [1.82, 2.24) is 14.9 Å². The fraction of sp³-hybridized carbons (Fsp3) is 0.421. The number of halogens is 2. The number of carbonyl (C=O) groups excluding carboxylic acids is 2. The number of carbonyl (C=O) groups is 2. The van der Waals surface area contributed by atoms with Crippen molar-refractivity contribution in [2.45, 2.75) is 45.4 Å². The van der Waals surface area contributed by atoms with E-state index in [-0.39, 0.29) is 17.8 Å². The zero-order chi connectivity index (χ0) is 21.1. The van der Waals surface area contributed by atoms with Gasteiger partial charge >= 0.3 is 12.1 Å². The number of hydrogen-bond donors (Lipinski definition) is 1. The fourth-order valence-electron chi connectivity index (χ4n) is 2.70. The Morgan fingerprint density at radius 3 is 2.57 bits per heavy atom. The molecule has 0 radical (unpaired) electrons. The first kappa shape index (κ1) is 21.9. The van der Waals surface area contributed by atoms with Crippen LogP contribution in [0.2, 0.25) is 0 Å². The van der Waals surface area contributed by atoms with Crippen molar-refractivity contribution in [3.8, 4) is 0 Å². The summed E-state index contributed by atoms with van der Waals surface area (Å²) in [6, 6.07) is 4.43. The van der Waals surface area contributed by atoms with Crippen LogP contribution in [0.15, 0.2) is 35.2 Å². The smallest absolute Gasteiger partial charge is 0.408 e. The molecular weight excluding hydrogens is 433 g/mol. The Morgan fingerprint density at radius 1 is 1.29 bits per heavy atom. The Bertz CT molecular complexity index is 878. The van der Waals surface area contributed by atoms with Crippen LogP contribution in [0.25, 0.3) is 0 Å². The van der Waals surface area contributed by atoms with Crippen molar-refractivity contribution in [1.29, 1.82) is 0 Å². The molecule has 0 aliphatic heterocycles. The lowest BCUT2D eigenvalue weighted by Crippen LogP contribution is -2.49. The molecule has 0 saturated heterocycles. The maximum absolute atomic E-state index is 14.7. The average Bonchev–Trinajstić information content (AvgIpc) is 3.02. The highest BCUT2D eigenvalue weighted by atomic mass is 79.9. The zero-order valence-electron chi connectivity index (χ0n) is 16.4. The van der Waals surface area contributed by atoms with E-state index in [1.165, 1.54) is 30.3 Å². The molecule has 9 heteroatoms. The molecule has 1 heterocycles. The standard InChI is InChI=1S/C19H23BrFN3O4/c1-18(2,3)28-17(26)23-19(4,13-8-12(20)6-7-14(13)21)10-24-11-22-9-15(24)16(25)27-5/h6-9,11H,10H2,1-5H3,(H,23,26)/t19-/m0/s1. The van der Waals surface area contributed by atoms with Crippen LogP contribution in [0.5, 0.6) is 0 Å². The van der Waals surface area contributed by atoms with Gasteiger partial charge in [0.1, 0.15) is 17.1 Å². The number of rotatable bonds is 5. The first-order valence-electron chi connectivity index (χ1n) is 8.50. The van der Waals surface area contributed by atoms with E-state index >= 15 is 0 Å². The van der Waals surface area contributed by atoms with E-state index in [9.17, 15) is 14.0 Å². The Hall–Kier alpha value is -2.42. The van der Waals surface area contributed by atoms with Crippen LogP contribution in [-0.2, 0) is 21.6 Å². The minimum absolute atomic E-state index is 0.0179. The quantitative estimate of drug-likeness (QED) is 0.688. The lowest BCUT2D eigenvalue weighted by molar-refractivity contribution is 0.0447. The molecule has 0 unspecified atom stereocenters. The second-order valence-electron chi connectivity index (χ2n) is 7.48. The molecule has 1 atom stereocenters. The third-order valence-corrected chi connectivity index (χ3v) is 4.39. The molecule has 2 rings (SSSR count). The van der Waals surface area contributed by atoms with Crippen molar-refractivity contribution >= 4 is 28.0 Å². The summed E-state index contributed by atoms with van der Waals surface area (Å²) in [5, 5.41) is 2.73. The van der Waals surface area contributed by atoms with Crippen molar-refractivity contribution < 1.29 is 23.5 Å². The van der Waals surface area contributed by atoms with Crippen LogP contribution < -0.4 is 5.32 Å². The summed E-state index contributed by atoms with van der Waals surface area (Å²) in [6.45, 7) is 6.85. The van der Waals surface area contributed by atoms with Gasteiger partial charge in [0.05, 0.1) is 31.7 Å². The van der Waals surface area contributed by atoms with E-state index in [1.807, 2.05) is 0 Å². The summed E-state index contributed by atoms with van der Waals surface area (Å²) in [4.78, 5) is 28.4. The molecular formula is C19H23BrFN3O4. The van der Waals surface area contributed by atoms with E-state index in [2.05, 4.69) is 26.2 Å². The number of ether oxygens (including phenoxy) is 2. The van der Waals surface area contributed by atoms with Crippen LogP contribution in [0.3, 0.4) is 0 Å². The van der Waals surface area contributed by atoms with Crippen molar-refractivity contribution in [2.75, 3.05) is 7.11 Å². The highest BCUT2D eigenvalue weighted by molar-refractivity contribution is 9.10. The number of amides is 1. The van der Waals surface area contributed by atoms with Gasteiger partial charge in [0, 0.05) is 10.0 Å². The third-order valence-electron chi connectivity index (χ3n) is 3.89. The first-order chi connectivity index (χ1) is 12.9. The highest BCUT2D eigenvalue weighted by Gasteiger charge is 2.35. The van der Waals surface area contributed by atoms with Gasteiger partial charge in [0.25, 0.3) is 0 Å². The van der Waals surface area contributed by atoms with Gasteiger partial charge in [-0.1, -0.05) is 15.9 Å². The lowest BCUT2D eigenvalue weighted by Gasteiger charge is -2.33. The van der Waals surface area contributed by atoms with Crippen LogP contribution >= 0.6 is 15.9 Å². The van der Waals surface area contributed by atoms with Gasteiger partial charge in [-0.2, -0.15) is 0 Å². The van der Waals surface area contributed by atoms with Crippen molar-refractivity contribution in [2.24, 2.45) is 0 Å². The van der Waals surface area contributed by atoms with Crippen LogP contribution in [-0.4, -0.2) is 34.3 Å². The molecule has 0 aliphatic carbocycles. The SMILES string of the molecule is COC(=O)c1cncn1C[C@](C)(NC(=O)OC(C)(C)C)c1cc(Br)ccc1F. The molecule has 0 fully saturated rings. The van der Waals surface area contributed by atoms with Gasteiger partial charge in [-0.3, -0.25) is 0 Å². The van der Waals surface area contributed by atoms with Gasteiger partial charge in [-0.15, -0.1) is 0 Å². The number of hydrogen-bond acceptors (Lipinski definition) is 5. The molecule has 1 amide bonds. The summed E-state index contributed by atoms with van der Waals surface area (Å²) < 4.78 is 26.9. The van der Waals surface area contributed by atoms with Gasteiger partial charge < -0.3 is 19.4 Å². The topological polar surface area (TPSA) is 82.5 Å². The second-order valence-corrected chi connectivity index (χ2v) is 8.40. The Labute approximate surface area is 171 Å². The minimum Gasteiger partial charge on any atom is -0.464 e. The molecule has 0 aliphatic rings. The molecule has 0 saturated carbocycles. The summed E-state index contributed by atoms with van der Waals surface area (Å²) in [5.74, 6) is -1.10. The predicted octanol–water partition coefficient (Wildman–Crippen LogP) is 4.01. The van der Waals surface area contributed by atoms with Crippen molar-refractivity contribution in [3.05, 3.63) is 52.3 Å². The predicted molar refractivity (Wildman–Crippen MR) is 104 cm³/mol. The number of aromatic nitrogens is 2. The van der Waals surface area contributed by atoms with E-state index < -0.39 is 29.0 Å². The molecule has 152 valence electrons. The third kappa shape index (κ3) is 5.31. The van der Waals surface area contributed by atoms with Gasteiger partial charge in [0.15, 0.2) is 0 Å². The first-order valence-corrected chi connectivity index (χ1v) is 9.29. The largest absolute Gasteiger partial charge is 0.464 e. The Balaban J connectivity index is 2.47. The molecule has 0 spiro atoms. The summed E-state index contributed by atoms with van der Waals surface area (Å²) in [6.07, 6.45) is 2.04. The maximum atomic E-state index is 14.7. The maximum Gasteiger partial charge on any atom is 0.408 e. The number of alkyl carbamates (subject to hydrolysis) is 1. The molecule has 7 nitrogen and oxygen atoms in total. The Morgan fingerprint density at radius 2 is 1.96 bits per heavy atom. The number of nitrogens with one attached hydrogen (secondary N) is 1. The molecule has 2 aromatic rings. The van der Waals surface area contributed by atoms with E-state index in [4.69, 9.17) is 9.47 Å². The normalized spacial score (nSPS) is 13.5. The van der Waals surface area contributed by atoms with Gasteiger partial charge in [-0.05, 0) is 45.9 Å². The molecule has 1 aromatic heterocycles.